The number of hydrogen-bond donors (Lipinski definition) is 0. The lowest BCUT2D eigenvalue weighted by Crippen LogP contribution is -2.45. The number of benzene rings is 1. The normalized spacial score (nSPS) is 15.2. The largest absolute Gasteiger partial charge is 0.415 e. The van der Waals surface area contributed by atoms with Gasteiger partial charge in [-0.25, -0.2) is 10.1 Å². The third-order valence-corrected chi connectivity index (χ3v) is 2.57. The van der Waals surface area contributed by atoms with Crippen molar-refractivity contribution in [3.8, 4) is 5.75 Å². The van der Waals surface area contributed by atoms with Gasteiger partial charge in [0.2, 0.25) is 5.75 Å². The van der Waals surface area contributed by atoms with Crippen LogP contribution in [0, 0.1) is 10.1 Å². The summed E-state index contributed by atoms with van der Waals surface area (Å²) < 4.78 is 5.05. The summed E-state index contributed by atoms with van der Waals surface area (Å²) in [6.07, 6.45) is -0.570. The lowest BCUT2D eigenvalue weighted by atomic mass is 10.3. The van der Waals surface area contributed by atoms with Crippen molar-refractivity contribution in [3.05, 3.63) is 34.4 Å². The Labute approximate surface area is 103 Å². The van der Waals surface area contributed by atoms with E-state index < -0.39 is 11.0 Å². The van der Waals surface area contributed by atoms with Crippen LogP contribution in [-0.2, 0) is 0 Å². The van der Waals surface area contributed by atoms with Gasteiger partial charge < -0.3 is 9.64 Å². The third kappa shape index (κ3) is 2.75. The SMILES string of the molecule is O=C(Oc1ccccc1[N+](=O)[O-])N1CC[N]CC1. The Hall–Kier alpha value is -2.15. The van der Waals surface area contributed by atoms with Crippen LogP contribution in [0.4, 0.5) is 10.5 Å². The molecule has 0 N–H and O–H groups in total. The molecule has 1 fully saturated rings. The van der Waals surface area contributed by atoms with E-state index in [1.807, 2.05) is 0 Å². The third-order valence-electron chi connectivity index (χ3n) is 2.57. The first-order chi connectivity index (χ1) is 8.68. The molecule has 1 aliphatic rings. The molecule has 0 bridgehead atoms. The zero-order valence-corrected chi connectivity index (χ0v) is 9.61. The second kappa shape index (κ2) is 5.46. The highest BCUT2D eigenvalue weighted by Crippen LogP contribution is 2.26. The molecule has 95 valence electrons. The van der Waals surface area contributed by atoms with Crippen LogP contribution in [0.15, 0.2) is 24.3 Å². The number of para-hydroxylation sites is 2. The van der Waals surface area contributed by atoms with Crippen molar-refractivity contribution in [1.82, 2.24) is 10.2 Å². The molecule has 1 radical (unpaired) electrons. The Balaban J connectivity index is 2.08. The number of nitro groups is 1. The molecule has 0 aromatic heterocycles. The molecular weight excluding hydrogens is 238 g/mol. The molecule has 1 amide bonds. The predicted octanol–water partition coefficient (Wildman–Crippen LogP) is 1.01. The Kier molecular flexibility index (Phi) is 3.73. The van der Waals surface area contributed by atoms with Crippen molar-refractivity contribution in [3.63, 3.8) is 0 Å². The van der Waals surface area contributed by atoms with Gasteiger partial charge in [0.1, 0.15) is 0 Å². The summed E-state index contributed by atoms with van der Waals surface area (Å²) in [7, 11) is 0. The average Bonchev–Trinajstić information content (AvgIpc) is 2.40. The van der Waals surface area contributed by atoms with Gasteiger partial charge in [-0.3, -0.25) is 10.1 Å². The summed E-state index contributed by atoms with van der Waals surface area (Å²) in [5.74, 6) is -0.0324. The maximum Gasteiger partial charge on any atom is 0.415 e. The smallest absolute Gasteiger partial charge is 0.403 e. The van der Waals surface area contributed by atoms with Gasteiger partial charge in [-0.05, 0) is 6.07 Å². The molecule has 1 aliphatic heterocycles. The molecule has 2 rings (SSSR count). The van der Waals surface area contributed by atoms with Gasteiger partial charge >= 0.3 is 11.8 Å². The maximum atomic E-state index is 11.8. The van der Waals surface area contributed by atoms with E-state index in [4.69, 9.17) is 4.74 Å². The minimum atomic E-state index is -0.575. The molecule has 0 saturated carbocycles. The van der Waals surface area contributed by atoms with Crippen molar-refractivity contribution >= 4 is 11.8 Å². The van der Waals surface area contributed by atoms with E-state index in [2.05, 4.69) is 5.32 Å². The highest BCUT2D eigenvalue weighted by molar-refractivity contribution is 5.72. The first kappa shape index (κ1) is 12.3. The second-order valence-electron chi connectivity index (χ2n) is 3.75. The summed E-state index contributed by atoms with van der Waals surface area (Å²) >= 11 is 0. The van der Waals surface area contributed by atoms with Crippen LogP contribution in [-0.4, -0.2) is 42.1 Å². The number of rotatable bonds is 2. The predicted molar refractivity (Wildman–Crippen MR) is 62.6 cm³/mol. The van der Waals surface area contributed by atoms with E-state index in [-0.39, 0.29) is 11.4 Å². The Bertz CT molecular complexity index is 457. The Morgan fingerprint density at radius 2 is 2.00 bits per heavy atom. The number of carbonyl (C=O) groups excluding carboxylic acids is 1. The molecular formula is C11H12N3O4. The number of ether oxygens (including phenoxy) is 1. The molecule has 0 atom stereocenters. The first-order valence-electron chi connectivity index (χ1n) is 5.52. The lowest BCUT2D eigenvalue weighted by molar-refractivity contribution is -0.385. The fourth-order valence-electron chi connectivity index (χ4n) is 1.64. The van der Waals surface area contributed by atoms with E-state index in [0.717, 1.165) is 0 Å². The van der Waals surface area contributed by atoms with Crippen molar-refractivity contribution in [1.29, 1.82) is 0 Å². The van der Waals surface area contributed by atoms with Crippen molar-refractivity contribution in [2.24, 2.45) is 0 Å². The Morgan fingerprint density at radius 1 is 1.33 bits per heavy atom. The van der Waals surface area contributed by atoms with Crippen LogP contribution in [0.2, 0.25) is 0 Å². The van der Waals surface area contributed by atoms with E-state index >= 15 is 0 Å². The molecule has 7 nitrogen and oxygen atoms in total. The number of hydrogen-bond acceptors (Lipinski definition) is 4. The topological polar surface area (TPSA) is 86.8 Å². The van der Waals surface area contributed by atoms with Gasteiger partial charge in [0.25, 0.3) is 0 Å². The molecule has 1 aromatic rings. The molecule has 0 unspecified atom stereocenters. The van der Waals surface area contributed by atoms with Crippen LogP contribution in [0.25, 0.3) is 0 Å². The molecule has 7 heteroatoms. The van der Waals surface area contributed by atoms with Crippen LogP contribution in [0.5, 0.6) is 5.75 Å². The number of nitrogens with zero attached hydrogens (tertiary/aromatic N) is 3. The molecule has 1 aromatic carbocycles. The Morgan fingerprint density at radius 3 is 2.67 bits per heavy atom. The minimum absolute atomic E-state index is 0.0324. The van der Waals surface area contributed by atoms with E-state index in [0.29, 0.717) is 26.2 Å². The van der Waals surface area contributed by atoms with Crippen LogP contribution in [0.3, 0.4) is 0 Å². The zero-order chi connectivity index (χ0) is 13.0. The van der Waals surface area contributed by atoms with Gasteiger partial charge in [0.05, 0.1) is 4.92 Å². The van der Waals surface area contributed by atoms with E-state index in [1.54, 1.807) is 6.07 Å². The van der Waals surface area contributed by atoms with Gasteiger partial charge in [-0.15, -0.1) is 0 Å². The standard InChI is InChI=1S/C11H12N3O4/c15-11(13-7-5-12-6-8-13)18-10-4-2-1-3-9(10)14(16)17/h1-4H,5-8H2. The fourth-order valence-corrected chi connectivity index (χ4v) is 1.64. The number of carbonyl (C=O) groups is 1. The van der Waals surface area contributed by atoms with Gasteiger partial charge in [-0.1, -0.05) is 12.1 Å². The molecule has 1 heterocycles. The summed E-state index contributed by atoms with van der Waals surface area (Å²) in [6.45, 7) is 2.12. The van der Waals surface area contributed by atoms with Gasteiger partial charge in [-0.2, -0.15) is 0 Å². The van der Waals surface area contributed by atoms with Crippen LogP contribution in [0.1, 0.15) is 0 Å². The molecule has 18 heavy (non-hydrogen) atoms. The lowest BCUT2D eigenvalue weighted by Gasteiger charge is -2.25. The highest BCUT2D eigenvalue weighted by atomic mass is 16.6. The highest BCUT2D eigenvalue weighted by Gasteiger charge is 2.22. The van der Waals surface area contributed by atoms with Crippen LogP contribution >= 0.6 is 0 Å². The fraction of sp³-hybridized carbons (Fsp3) is 0.364. The second-order valence-corrected chi connectivity index (χ2v) is 3.75. The number of piperazine rings is 1. The van der Waals surface area contributed by atoms with E-state index in [1.165, 1.54) is 23.1 Å². The first-order valence-corrected chi connectivity index (χ1v) is 5.52. The number of nitro benzene ring substituents is 1. The minimum Gasteiger partial charge on any atom is -0.403 e. The average molecular weight is 250 g/mol. The zero-order valence-electron chi connectivity index (χ0n) is 9.61. The maximum absolute atomic E-state index is 11.8. The summed E-state index contributed by atoms with van der Waals surface area (Å²) in [5.41, 5.74) is -0.215. The van der Waals surface area contributed by atoms with Crippen LogP contribution < -0.4 is 10.1 Å². The summed E-state index contributed by atoms with van der Waals surface area (Å²) in [4.78, 5) is 23.5. The van der Waals surface area contributed by atoms with Crippen molar-refractivity contribution in [2.75, 3.05) is 26.2 Å². The van der Waals surface area contributed by atoms with E-state index in [9.17, 15) is 14.9 Å². The quantitative estimate of drug-likeness (QED) is 0.579. The molecule has 0 spiro atoms. The van der Waals surface area contributed by atoms with Gasteiger partial charge in [0.15, 0.2) is 0 Å². The molecule has 0 aliphatic carbocycles. The van der Waals surface area contributed by atoms with Crippen molar-refractivity contribution in [2.45, 2.75) is 0 Å². The van der Waals surface area contributed by atoms with Crippen molar-refractivity contribution < 1.29 is 14.5 Å². The summed E-state index contributed by atoms with van der Waals surface area (Å²) in [6, 6.07) is 5.81. The monoisotopic (exact) mass is 250 g/mol. The summed E-state index contributed by atoms with van der Waals surface area (Å²) in [5, 5.41) is 14.9. The number of amides is 1. The van der Waals surface area contributed by atoms with Gasteiger partial charge in [0, 0.05) is 32.2 Å². The molecule has 1 saturated heterocycles.